The zero-order valence-corrected chi connectivity index (χ0v) is 11.6. The second-order valence-electron chi connectivity index (χ2n) is 5.44. The quantitative estimate of drug-likeness (QED) is 0.668. The number of rotatable bonds is 8. The summed E-state index contributed by atoms with van der Waals surface area (Å²) in [5, 5.41) is 3.59. The normalized spacial score (nSPS) is 14.6. The number of hydrogen-bond donors (Lipinski definition) is 1. The van der Waals surface area contributed by atoms with Crippen LogP contribution in [0.2, 0.25) is 0 Å². The monoisotopic (exact) mass is 214 g/mol. The van der Waals surface area contributed by atoms with Gasteiger partial charge in [0, 0.05) is 25.2 Å². The lowest BCUT2D eigenvalue weighted by atomic mass is 10.0. The van der Waals surface area contributed by atoms with Crippen molar-refractivity contribution in [1.29, 1.82) is 0 Å². The van der Waals surface area contributed by atoms with Gasteiger partial charge in [-0.1, -0.05) is 27.2 Å². The standard InChI is InChI=1S/C13H30N2/c1-7-12(3)11-15(6)10-9-14-13(4,5)8-2/h12,14H,7-11H2,1-6H3. The highest BCUT2D eigenvalue weighted by Gasteiger charge is 2.13. The molecule has 0 saturated carbocycles. The van der Waals surface area contributed by atoms with Gasteiger partial charge >= 0.3 is 0 Å². The summed E-state index contributed by atoms with van der Waals surface area (Å²) < 4.78 is 0. The number of nitrogens with zero attached hydrogens (tertiary/aromatic N) is 1. The second-order valence-corrected chi connectivity index (χ2v) is 5.44. The molecule has 0 aliphatic heterocycles. The maximum atomic E-state index is 3.59. The van der Waals surface area contributed by atoms with Crippen molar-refractivity contribution in [3.05, 3.63) is 0 Å². The first-order valence-electron chi connectivity index (χ1n) is 6.34. The third-order valence-electron chi connectivity index (χ3n) is 3.30. The van der Waals surface area contributed by atoms with Crippen molar-refractivity contribution in [2.75, 3.05) is 26.7 Å². The van der Waals surface area contributed by atoms with Crippen molar-refractivity contribution in [2.45, 2.75) is 53.0 Å². The molecule has 0 radical (unpaired) electrons. The van der Waals surface area contributed by atoms with Crippen LogP contribution in [-0.2, 0) is 0 Å². The van der Waals surface area contributed by atoms with Crippen molar-refractivity contribution < 1.29 is 0 Å². The third-order valence-corrected chi connectivity index (χ3v) is 3.30. The zero-order valence-electron chi connectivity index (χ0n) is 11.6. The summed E-state index contributed by atoms with van der Waals surface area (Å²) in [4.78, 5) is 2.42. The Balaban J connectivity index is 3.59. The topological polar surface area (TPSA) is 15.3 Å². The predicted octanol–water partition coefficient (Wildman–Crippen LogP) is 2.74. The van der Waals surface area contributed by atoms with E-state index in [0.29, 0.717) is 0 Å². The first kappa shape index (κ1) is 14.9. The molecule has 0 heterocycles. The minimum atomic E-state index is 0.289. The maximum absolute atomic E-state index is 3.59. The van der Waals surface area contributed by atoms with Gasteiger partial charge in [-0.25, -0.2) is 0 Å². The maximum Gasteiger partial charge on any atom is 0.0123 e. The Morgan fingerprint density at radius 3 is 2.33 bits per heavy atom. The summed E-state index contributed by atoms with van der Waals surface area (Å²) in [5.41, 5.74) is 0.289. The van der Waals surface area contributed by atoms with Crippen LogP contribution in [0.25, 0.3) is 0 Å². The highest BCUT2D eigenvalue weighted by molar-refractivity contribution is 4.75. The molecule has 0 saturated heterocycles. The molecular formula is C13H30N2. The van der Waals surface area contributed by atoms with E-state index in [1.165, 1.54) is 19.4 Å². The van der Waals surface area contributed by atoms with Crippen molar-refractivity contribution in [3.63, 3.8) is 0 Å². The molecule has 92 valence electrons. The van der Waals surface area contributed by atoms with E-state index in [1.807, 2.05) is 0 Å². The van der Waals surface area contributed by atoms with Crippen LogP contribution in [0.4, 0.5) is 0 Å². The number of likely N-dealkylation sites (N-methyl/N-ethyl adjacent to an activating group) is 1. The molecule has 2 nitrogen and oxygen atoms in total. The minimum absolute atomic E-state index is 0.289. The molecule has 0 bridgehead atoms. The average Bonchev–Trinajstić information content (AvgIpc) is 2.17. The molecule has 0 amide bonds. The van der Waals surface area contributed by atoms with E-state index in [9.17, 15) is 0 Å². The molecular weight excluding hydrogens is 184 g/mol. The van der Waals surface area contributed by atoms with E-state index in [2.05, 4.69) is 51.9 Å². The molecule has 0 aromatic carbocycles. The third kappa shape index (κ3) is 7.80. The van der Waals surface area contributed by atoms with Crippen LogP contribution in [0.5, 0.6) is 0 Å². The summed E-state index contributed by atoms with van der Waals surface area (Å²) in [7, 11) is 2.22. The highest BCUT2D eigenvalue weighted by Crippen LogP contribution is 2.06. The van der Waals surface area contributed by atoms with Gasteiger partial charge in [0.05, 0.1) is 0 Å². The summed E-state index contributed by atoms with van der Waals surface area (Å²) in [6, 6.07) is 0. The van der Waals surface area contributed by atoms with Gasteiger partial charge in [-0.15, -0.1) is 0 Å². The van der Waals surface area contributed by atoms with Crippen molar-refractivity contribution in [2.24, 2.45) is 5.92 Å². The molecule has 0 rings (SSSR count). The van der Waals surface area contributed by atoms with Gasteiger partial charge in [0.15, 0.2) is 0 Å². The lowest BCUT2D eigenvalue weighted by molar-refractivity contribution is 0.264. The molecule has 2 heteroatoms. The van der Waals surface area contributed by atoms with Crippen LogP contribution >= 0.6 is 0 Å². The lowest BCUT2D eigenvalue weighted by Gasteiger charge is -2.27. The fourth-order valence-corrected chi connectivity index (χ4v) is 1.46. The molecule has 1 unspecified atom stereocenters. The molecule has 0 aliphatic carbocycles. The van der Waals surface area contributed by atoms with Gasteiger partial charge in [-0.2, -0.15) is 0 Å². The molecule has 0 aliphatic rings. The summed E-state index contributed by atoms with van der Waals surface area (Å²) in [5.74, 6) is 0.814. The van der Waals surface area contributed by atoms with Crippen molar-refractivity contribution in [1.82, 2.24) is 10.2 Å². The molecule has 0 aromatic rings. The van der Waals surface area contributed by atoms with Gasteiger partial charge in [0.1, 0.15) is 0 Å². The van der Waals surface area contributed by atoms with E-state index in [0.717, 1.165) is 19.0 Å². The molecule has 1 N–H and O–H groups in total. The van der Waals surface area contributed by atoms with Crippen LogP contribution in [0.15, 0.2) is 0 Å². The Kier molecular flexibility index (Phi) is 7.20. The Labute approximate surface area is 96.4 Å². The SMILES string of the molecule is CCC(C)CN(C)CCNC(C)(C)CC. The van der Waals surface area contributed by atoms with Crippen LogP contribution in [-0.4, -0.2) is 37.1 Å². The van der Waals surface area contributed by atoms with Crippen molar-refractivity contribution in [3.8, 4) is 0 Å². The lowest BCUT2D eigenvalue weighted by Crippen LogP contribution is -2.43. The molecule has 15 heavy (non-hydrogen) atoms. The van der Waals surface area contributed by atoms with Crippen LogP contribution in [0.3, 0.4) is 0 Å². The zero-order chi connectivity index (χ0) is 11.9. The fraction of sp³-hybridized carbons (Fsp3) is 1.00. The first-order chi connectivity index (χ1) is 6.91. The van der Waals surface area contributed by atoms with E-state index in [-0.39, 0.29) is 5.54 Å². The minimum Gasteiger partial charge on any atom is -0.311 e. The Morgan fingerprint density at radius 1 is 1.27 bits per heavy atom. The van der Waals surface area contributed by atoms with E-state index in [4.69, 9.17) is 0 Å². The average molecular weight is 214 g/mol. The van der Waals surface area contributed by atoms with Gasteiger partial charge in [-0.05, 0) is 33.2 Å². The number of nitrogens with one attached hydrogen (secondary N) is 1. The fourth-order valence-electron chi connectivity index (χ4n) is 1.46. The Morgan fingerprint density at radius 2 is 1.87 bits per heavy atom. The highest BCUT2D eigenvalue weighted by atomic mass is 15.1. The van der Waals surface area contributed by atoms with E-state index < -0.39 is 0 Å². The molecule has 0 fully saturated rings. The van der Waals surface area contributed by atoms with Crippen LogP contribution in [0.1, 0.15) is 47.5 Å². The van der Waals surface area contributed by atoms with Gasteiger partial charge in [0.25, 0.3) is 0 Å². The second kappa shape index (κ2) is 7.24. The summed E-state index contributed by atoms with van der Waals surface area (Å²) in [6.07, 6.45) is 2.46. The first-order valence-corrected chi connectivity index (χ1v) is 6.34. The van der Waals surface area contributed by atoms with Crippen LogP contribution < -0.4 is 5.32 Å². The smallest absolute Gasteiger partial charge is 0.0123 e. The summed E-state index contributed by atoms with van der Waals surface area (Å²) in [6.45, 7) is 14.8. The van der Waals surface area contributed by atoms with Gasteiger partial charge < -0.3 is 10.2 Å². The molecule has 1 atom stereocenters. The Hall–Kier alpha value is -0.0800. The molecule has 0 aromatic heterocycles. The number of hydrogen-bond acceptors (Lipinski definition) is 2. The Bertz CT molecular complexity index is 155. The van der Waals surface area contributed by atoms with E-state index in [1.54, 1.807) is 0 Å². The largest absolute Gasteiger partial charge is 0.311 e. The predicted molar refractivity (Wildman–Crippen MR) is 69.3 cm³/mol. The summed E-state index contributed by atoms with van der Waals surface area (Å²) >= 11 is 0. The van der Waals surface area contributed by atoms with Gasteiger partial charge in [-0.3, -0.25) is 0 Å². The molecule has 0 spiro atoms. The van der Waals surface area contributed by atoms with Crippen molar-refractivity contribution >= 4 is 0 Å². The van der Waals surface area contributed by atoms with Gasteiger partial charge in [0.2, 0.25) is 0 Å². The van der Waals surface area contributed by atoms with E-state index >= 15 is 0 Å². The van der Waals surface area contributed by atoms with Crippen LogP contribution in [0, 0.1) is 5.92 Å².